The zero-order valence-electron chi connectivity index (χ0n) is 19.3. The van der Waals surface area contributed by atoms with E-state index in [1.54, 1.807) is 25.3 Å². The van der Waals surface area contributed by atoms with Gasteiger partial charge in [-0.2, -0.15) is 0 Å². The fourth-order valence-corrected chi connectivity index (χ4v) is 6.52. The lowest BCUT2D eigenvalue weighted by atomic mass is 9.69. The van der Waals surface area contributed by atoms with Crippen molar-refractivity contribution in [2.75, 3.05) is 7.11 Å². The molecule has 4 heteroatoms. The number of hydrogen-bond acceptors (Lipinski definition) is 4. The lowest BCUT2D eigenvalue weighted by Crippen LogP contribution is -2.49. The molecule has 35 heavy (non-hydrogen) atoms. The average Bonchev–Trinajstić information content (AvgIpc) is 3.28. The molecule has 174 valence electrons. The highest BCUT2D eigenvalue weighted by Gasteiger charge is 2.75. The summed E-state index contributed by atoms with van der Waals surface area (Å²) in [4.78, 5) is 14.0. The van der Waals surface area contributed by atoms with Crippen molar-refractivity contribution in [1.29, 1.82) is 0 Å². The van der Waals surface area contributed by atoms with E-state index in [-0.39, 0.29) is 5.78 Å². The van der Waals surface area contributed by atoms with Gasteiger partial charge in [0.1, 0.15) is 17.0 Å². The van der Waals surface area contributed by atoms with Crippen LogP contribution in [0.5, 0.6) is 5.75 Å². The lowest BCUT2D eigenvalue weighted by Gasteiger charge is -2.42. The molecule has 4 aromatic rings. The maximum atomic E-state index is 14.0. The van der Waals surface area contributed by atoms with Crippen LogP contribution in [0.2, 0.25) is 0 Å². The van der Waals surface area contributed by atoms with Crippen molar-refractivity contribution in [2.24, 2.45) is 5.92 Å². The second kappa shape index (κ2) is 7.91. The van der Waals surface area contributed by atoms with Gasteiger partial charge in [-0.05, 0) is 34.4 Å². The van der Waals surface area contributed by atoms with Crippen LogP contribution < -0.4 is 4.74 Å². The Balaban J connectivity index is 1.70. The second-order valence-corrected chi connectivity index (χ2v) is 9.47. The topological polar surface area (TPSA) is 66.8 Å². The minimum absolute atomic E-state index is 0.142. The summed E-state index contributed by atoms with van der Waals surface area (Å²) >= 11 is 0. The molecule has 5 atom stereocenters. The van der Waals surface area contributed by atoms with Crippen molar-refractivity contribution < 1.29 is 19.7 Å². The number of ketones is 1. The third-order valence-electron chi connectivity index (χ3n) is 7.96. The first-order chi connectivity index (χ1) is 17.0. The van der Waals surface area contributed by atoms with Gasteiger partial charge in [-0.15, -0.1) is 0 Å². The van der Waals surface area contributed by atoms with Crippen molar-refractivity contribution in [1.82, 2.24) is 0 Å². The molecule has 5 unspecified atom stereocenters. The Morgan fingerprint density at radius 2 is 1.26 bits per heavy atom. The molecule has 4 nitrogen and oxygen atoms in total. The smallest absolute Gasteiger partial charge is 0.170 e. The van der Waals surface area contributed by atoms with Gasteiger partial charge in [0.2, 0.25) is 0 Å². The van der Waals surface area contributed by atoms with E-state index >= 15 is 0 Å². The summed E-state index contributed by atoms with van der Waals surface area (Å²) in [7, 11) is 1.61. The third kappa shape index (κ3) is 2.84. The summed E-state index contributed by atoms with van der Waals surface area (Å²) < 4.78 is 5.37. The Morgan fingerprint density at radius 1 is 0.657 bits per heavy atom. The largest absolute Gasteiger partial charge is 0.497 e. The molecular formula is C31H26O4. The standard InChI is InChI=1S/C31H26O4/c1-35-23-18-16-20(17-19-23)26-27(21-10-4-2-5-11-21)30(33,22-12-6-3-7-13-22)31(34)25-15-9-8-14-24(25)29(32)28(26)31/h2-19,26-28,33-34H,1H3. The van der Waals surface area contributed by atoms with Crippen LogP contribution in [0.25, 0.3) is 0 Å². The monoisotopic (exact) mass is 462 g/mol. The number of benzene rings is 4. The highest BCUT2D eigenvalue weighted by atomic mass is 16.5. The van der Waals surface area contributed by atoms with Crippen LogP contribution in [0.15, 0.2) is 109 Å². The van der Waals surface area contributed by atoms with E-state index in [4.69, 9.17) is 4.74 Å². The van der Waals surface area contributed by atoms with E-state index < -0.39 is 29.0 Å². The van der Waals surface area contributed by atoms with Crippen LogP contribution >= 0.6 is 0 Å². The van der Waals surface area contributed by atoms with Crippen LogP contribution in [-0.4, -0.2) is 23.1 Å². The van der Waals surface area contributed by atoms with E-state index in [1.807, 2.05) is 91.0 Å². The number of aliphatic hydroxyl groups is 2. The second-order valence-electron chi connectivity index (χ2n) is 9.47. The molecule has 6 rings (SSSR count). The molecule has 2 aliphatic carbocycles. The molecule has 1 fully saturated rings. The summed E-state index contributed by atoms with van der Waals surface area (Å²) in [6, 6.07) is 33.8. The predicted octanol–water partition coefficient (Wildman–Crippen LogP) is 5.16. The first-order valence-electron chi connectivity index (χ1n) is 11.8. The minimum Gasteiger partial charge on any atom is -0.497 e. The number of carbonyl (C=O) groups is 1. The molecule has 2 aliphatic rings. The van der Waals surface area contributed by atoms with Crippen molar-refractivity contribution in [3.8, 4) is 5.75 Å². The number of rotatable bonds is 4. The van der Waals surface area contributed by atoms with Crippen LogP contribution in [0, 0.1) is 5.92 Å². The van der Waals surface area contributed by atoms with Gasteiger partial charge in [0.15, 0.2) is 5.78 Å². The van der Waals surface area contributed by atoms with Crippen LogP contribution in [0.4, 0.5) is 0 Å². The van der Waals surface area contributed by atoms with Gasteiger partial charge >= 0.3 is 0 Å². The summed E-state index contributed by atoms with van der Waals surface area (Å²) in [5, 5.41) is 25.6. The molecule has 0 radical (unpaired) electrons. The van der Waals surface area contributed by atoms with Crippen LogP contribution in [0.3, 0.4) is 0 Å². The summed E-state index contributed by atoms with van der Waals surface area (Å²) in [6.45, 7) is 0. The number of fused-ring (bicyclic) bond motifs is 3. The maximum absolute atomic E-state index is 14.0. The first kappa shape index (κ1) is 21.8. The maximum Gasteiger partial charge on any atom is 0.170 e. The number of hydrogen-bond donors (Lipinski definition) is 2. The SMILES string of the molecule is COc1ccc(C2C3C(=O)c4ccccc4C3(O)C(O)(c3ccccc3)C2c2ccccc2)cc1. The minimum atomic E-state index is -1.81. The number of Topliss-reactive ketones (excluding diaryl/α,β-unsaturated/α-hetero) is 1. The molecule has 0 aromatic heterocycles. The molecule has 0 aliphatic heterocycles. The fourth-order valence-electron chi connectivity index (χ4n) is 6.52. The van der Waals surface area contributed by atoms with E-state index in [9.17, 15) is 15.0 Å². The molecule has 2 N–H and O–H groups in total. The quantitative estimate of drug-likeness (QED) is 0.439. The van der Waals surface area contributed by atoms with Crippen molar-refractivity contribution in [2.45, 2.75) is 23.0 Å². The normalized spacial score (nSPS) is 29.0. The highest BCUT2D eigenvalue weighted by Crippen LogP contribution is 2.70. The first-order valence-corrected chi connectivity index (χ1v) is 11.8. The molecule has 0 spiro atoms. The van der Waals surface area contributed by atoms with E-state index in [0.29, 0.717) is 22.4 Å². The highest BCUT2D eigenvalue weighted by molar-refractivity contribution is 6.05. The zero-order chi connectivity index (χ0) is 24.2. The molecular weight excluding hydrogens is 436 g/mol. The molecule has 0 bridgehead atoms. The van der Waals surface area contributed by atoms with Gasteiger partial charge in [0.25, 0.3) is 0 Å². The average molecular weight is 463 g/mol. The van der Waals surface area contributed by atoms with Crippen molar-refractivity contribution in [3.05, 3.63) is 137 Å². The Bertz CT molecular complexity index is 1380. The zero-order valence-corrected chi connectivity index (χ0v) is 19.3. The van der Waals surface area contributed by atoms with E-state index in [0.717, 1.165) is 11.1 Å². The summed E-state index contributed by atoms with van der Waals surface area (Å²) in [5.41, 5.74) is -0.288. The van der Waals surface area contributed by atoms with Gasteiger partial charge < -0.3 is 14.9 Å². The van der Waals surface area contributed by atoms with Crippen LogP contribution in [0.1, 0.15) is 44.4 Å². The van der Waals surface area contributed by atoms with Gasteiger partial charge in [-0.1, -0.05) is 97.1 Å². The molecule has 0 amide bonds. The van der Waals surface area contributed by atoms with Gasteiger partial charge in [0.05, 0.1) is 13.0 Å². The molecule has 4 aromatic carbocycles. The molecule has 0 saturated heterocycles. The Kier molecular flexibility index (Phi) is 4.92. The Hall–Kier alpha value is -3.73. The van der Waals surface area contributed by atoms with Crippen molar-refractivity contribution >= 4 is 5.78 Å². The molecule has 1 saturated carbocycles. The van der Waals surface area contributed by atoms with Gasteiger partial charge in [-0.3, -0.25) is 4.79 Å². The van der Waals surface area contributed by atoms with E-state index in [2.05, 4.69) is 0 Å². The number of methoxy groups -OCH3 is 1. The summed E-state index contributed by atoms with van der Waals surface area (Å²) in [6.07, 6.45) is 0. The number of ether oxygens (including phenoxy) is 1. The fraction of sp³-hybridized carbons (Fsp3) is 0.194. The van der Waals surface area contributed by atoms with Crippen molar-refractivity contribution in [3.63, 3.8) is 0 Å². The third-order valence-corrected chi connectivity index (χ3v) is 7.96. The lowest BCUT2D eigenvalue weighted by molar-refractivity contribution is -0.159. The van der Waals surface area contributed by atoms with Gasteiger partial charge in [-0.25, -0.2) is 0 Å². The van der Waals surface area contributed by atoms with Crippen LogP contribution in [-0.2, 0) is 11.2 Å². The van der Waals surface area contributed by atoms with E-state index in [1.165, 1.54) is 0 Å². The Morgan fingerprint density at radius 3 is 1.91 bits per heavy atom. The number of carbonyl (C=O) groups excluding carboxylic acids is 1. The Labute approximate surface area is 204 Å². The predicted molar refractivity (Wildman–Crippen MR) is 133 cm³/mol. The summed E-state index contributed by atoms with van der Waals surface area (Å²) in [5.74, 6) is -1.34. The van der Waals surface area contributed by atoms with Gasteiger partial charge in [0, 0.05) is 17.4 Å². The molecule has 0 heterocycles.